The van der Waals surface area contributed by atoms with Crippen molar-refractivity contribution < 1.29 is 8.42 Å². The molecule has 1 atom stereocenters. The second-order valence-electron chi connectivity index (χ2n) is 4.68. The number of anilines is 1. The van der Waals surface area contributed by atoms with Crippen LogP contribution in [0.15, 0.2) is 18.2 Å². The van der Waals surface area contributed by atoms with Crippen LogP contribution in [0.3, 0.4) is 0 Å². The average Bonchev–Trinajstić information content (AvgIpc) is 2.33. The molecule has 1 aliphatic heterocycles. The highest BCUT2D eigenvalue weighted by atomic mass is 35.5. The third-order valence-electron chi connectivity index (χ3n) is 3.13. The highest BCUT2D eigenvalue weighted by molar-refractivity contribution is 8.00. The molecule has 2 N–H and O–H groups in total. The normalized spacial score (nSPS) is 21.5. The summed E-state index contributed by atoms with van der Waals surface area (Å²) in [5.74, 6) is 1.55. The second-order valence-corrected chi connectivity index (χ2v) is 8.44. The first-order valence-electron chi connectivity index (χ1n) is 5.92. The summed E-state index contributed by atoms with van der Waals surface area (Å²) in [5, 5.41) is 0.184. The Morgan fingerprint density at radius 2 is 2.26 bits per heavy atom. The van der Waals surface area contributed by atoms with Gasteiger partial charge in [0, 0.05) is 41.6 Å². The van der Waals surface area contributed by atoms with Gasteiger partial charge in [-0.25, -0.2) is 8.42 Å². The van der Waals surface area contributed by atoms with E-state index in [-0.39, 0.29) is 0 Å². The third-order valence-corrected chi connectivity index (χ3v) is 6.18. The SMILES string of the molecule is CS(=O)(=O)C1CSCCN1Cc1cc(N)ccc1Cl. The molecule has 0 aliphatic carbocycles. The van der Waals surface area contributed by atoms with E-state index in [2.05, 4.69) is 0 Å². The van der Waals surface area contributed by atoms with Crippen LogP contribution in [-0.4, -0.2) is 43.0 Å². The maximum atomic E-state index is 11.8. The van der Waals surface area contributed by atoms with Gasteiger partial charge in [0.2, 0.25) is 0 Å². The molecule has 1 aromatic carbocycles. The van der Waals surface area contributed by atoms with Crippen LogP contribution in [0.25, 0.3) is 0 Å². The number of sulfone groups is 1. The zero-order valence-corrected chi connectivity index (χ0v) is 13.1. The van der Waals surface area contributed by atoms with Crippen molar-refractivity contribution in [1.29, 1.82) is 0 Å². The van der Waals surface area contributed by atoms with Crippen molar-refractivity contribution in [3.63, 3.8) is 0 Å². The first-order chi connectivity index (χ1) is 8.88. The molecule has 2 rings (SSSR count). The lowest BCUT2D eigenvalue weighted by molar-refractivity contribution is 0.262. The molecule has 1 aliphatic rings. The molecular formula is C12H17ClN2O2S2. The summed E-state index contributed by atoms with van der Waals surface area (Å²) in [4.78, 5) is 1.96. The molecule has 0 saturated carbocycles. The van der Waals surface area contributed by atoms with E-state index in [1.165, 1.54) is 6.26 Å². The Hall–Kier alpha value is -0.430. The van der Waals surface area contributed by atoms with Gasteiger partial charge in [0.05, 0.1) is 0 Å². The van der Waals surface area contributed by atoms with Gasteiger partial charge in [0.25, 0.3) is 0 Å². The molecular weight excluding hydrogens is 304 g/mol. The number of rotatable bonds is 3. The van der Waals surface area contributed by atoms with Crippen LogP contribution in [0.5, 0.6) is 0 Å². The summed E-state index contributed by atoms with van der Waals surface area (Å²) in [6.45, 7) is 1.26. The van der Waals surface area contributed by atoms with E-state index in [1.807, 2.05) is 11.0 Å². The molecule has 0 aromatic heterocycles. The molecule has 19 heavy (non-hydrogen) atoms. The zero-order chi connectivity index (χ0) is 14.0. The number of hydrogen-bond acceptors (Lipinski definition) is 5. The van der Waals surface area contributed by atoms with Crippen molar-refractivity contribution in [3.05, 3.63) is 28.8 Å². The number of nitrogens with two attached hydrogens (primary N) is 1. The summed E-state index contributed by atoms with van der Waals surface area (Å²) in [7, 11) is -3.09. The van der Waals surface area contributed by atoms with Crippen LogP contribution >= 0.6 is 23.4 Å². The molecule has 1 heterocycles. The van der Waals surface area contributed by atoms with Crippen LogP contribution in [0.2, 0.25) is 5.02 Å². The molecule has 1 saturated heterocycles. The molecule has 0 amide bonds. The average molecular weight is 321 g/mol. The van der Waals surface area contributed by atoms with E-state index < -0.39 is 15.2 Å². The van der Waals surface area contributed by atoms with Crippen molar-refractivity contribution in [2.24, 2.45) is 0 Å². The first-order valence-corrected chi connectivity index (χ1v) is 9.41. The Bertz CT molecular complexity index is 563. The van der Waals surface area contributed by atoms with Crippen LogP contribution < -0.4 is 5.73 Å². The molecule has 0 bridgehead atoms. The van der Waals surface area contributed by atoms with Gasteiger partial charge in [0.15, 0.2) is 9.84 Å². The van der Waals surface area contributed by atoms with Gasteiger partial charge in [-0.2, -0.15) is 11.8 Å². The van der Waals surface area contributed by atoms with E-state index in [1.54, 1.807) is 23.9 Å². The number of nitrogen functional groups attached to an aromatic ring is 1. The topological polar surface area (TPSA) is 63.4 Å². The van der Waals surface area contributed by atoms with Crippen molar-refractivity contribution in [2.75, 3.05) is 30.0 Å². The van der Waals surface area contributed by atoms with Gasteiger partial charge in [-0.15, -0.1) is 0 Å². The summed E-state index contributed by atoms with van der Waals surface area (Å²) < 4.78 is 23.7. The fraction of sp³-hybridized carbons (Fsp3) is 0.500. The molecule has 1 fully saturated rings. The van der Waals surface area contributed by atoms with Gasteiger partial charge in [-0.1, -0.05) is 11.6 Å². The highest BCUT2D eigenvalue weighted by Gasteiger charge is 2.31. The Morgan fingerprint density at radius 1 is 1.53 bits per heavy atom. The standard InChI is InChI=1S/C12H17ClN2O2S2/c1-19(16,17)12-8-18-5-4-15(12)7-9-6-10(14)2-3-11(9)13/h2-3,6,12H,4-5,7-8,14H2,1H3. The van der Waals surface area contributed by atoms with Gasteiger partial charge >= 0.3 is 0 Å². The lowest BCUT2D eigenvalue weighted by Gasteiger charge is -2.34. The van der Waals surface area contributed by atoms with Crippen LogP contribution in [0, 0.1) is 0 Å². The lowest BCUT2D eigenvalue weighted by atomic mass is 10.2. The molecule has 0 radical (unpaired) electrons. The van der Waals surface area contributed by atoms with E-state index in [9.17, 15) is 8.42 Å². The Balaban J connectivity index is 2.22. The highest BCUT2D eigenvalue weighted by Crippen LogP contribution is 2.26. The summed E-state index contributed by atoms with van der Waals surface area (Å²) in [6, 6.07) is 5.30. The Kier molecular flexibility index (Phi) is 4.66. The summed E-state index contributed by atoms with van der Waals surface area (Å²) >= 11 is 7.81. The fourth-order valence-corrected chi connectivity index (χ4v) is 5.24. The summed E-state index contributed by atoms with van der Waals surface area (Å²) in [5.41, 5.74) is 7.27. The second kappa shape index (κ2) is 5.91. The number of benzene rings is 1. The minimum absolute atomic E-state index is 0.441. The van der Waals surface area contributed by atoms with Gasteiger partial charge in [0.1, 0.15) is 5.37 Å². The van der Waals surface area contributed by atoms with Gasteiger partial charge in [-0.3, -0.25) is 4.90 Å². The summed E-state index contributed by atoms with van der Waals surface area (Å²) in [6.07, 6.45) is 1.29. The molecule has 1 unspecified atom stereocenters. The third kappa shape index (κ3) is 3.78. The van der Waals surface area contributed by atoms with E-state index in [4.69, 9.17) is 17.3 Å². The van der Waals surface area contributed by atoms with Crippen LogP contribution in [0.4, 0.5) is 5.69 Å². The van der Waals surface area contributed by atoms with Gasteiger partial charge < -0.3 is 5.73 Å². The van der Waals surface area contributed by atoms with Crippen molar-refractivity contribution in [1.82, 2.24) is 4.90 Å². The van der Waals surface area contributed by atoms with Crippen LogP contribution in [0.1, 0.15) is 5.56 Å². The quantitative estimate of drug-likeness (QED) is 0.861. The molecule has 4 nitrogen and oxygen atoms in total. The first kappa shape index (κ1) is 15.0. The van der Waals surface area contributed by atoms with Crippen molar-refractivity contribution >= 4 is 38.9 Å². The number of thioether (sulfide) groups is 1. The van der Waals surface area contributed by atoms with Crippen molar-refractivity contribution in [2.45, 2.75) is 11.9 Å². The fourth-order valence-electron chi connectivity index (χ4n) is 2.13. The minimum atomic E-state index is -3.09. The molecule has 106 valence electrons. The predicted molar refractivity (Wildman–Crippen MR) is 82.2 cm³/mol. The van der Waals surface area contributed by atoms with E-state index in [0.29, 0.717) is 23.0 Å². The Morgan fingerprint density at radius 3 is 2.95 bits per heavy atom. The molecule has 0 spiro atoms. The van der Waals surface area contributed by atoms with Gasteiger partial charge in [-0.05, 0) is 23.8 Å². The number of halogens is 1. The van der Waals surface area contributed by atoms with E-state index >= 15 is 0 Å². The zero-order valence-electron chi connectivity index (χ0n) is 10.7. The van der Waals surface area contributed by atoms with Crippen LogP contribution in [-0.2, 0) is 16.4 Å². The van der Waals surface area contributed by atoms with Crippen molar-refractivity contribution in [3.8, 4) is 0 Å². The van der Waals surface area contributed by atoms with E-state index in [0.717, 1.165) is 17.9 Å². The monoisotopic (exact) mass is 320 g/mol. The Labute approximate surface area is 123 Å². The smallest absolute Gasteiger partial charge is 0.164 e. The lowest BCUT2D eigenvalue weighted by Crippen LogP contribution is -2.46. The molecule has 7 heteroatoms. The molecule has 1 aromatic rings. The number of hydrogen-bond donors (Lipinski definition) is 1. The predicted octanol–water partition coefficient (Wildman–Crippen LogP) is 1.84. The number of nitrogens with zero attached hydrogens (tertiary/aromatic N) is 1. The minimum Gasteiger partial charge on any atom is -0.399 e. The maximum absolute atomic E-state index is 11.8. The maximum Gasteiger partial charge on any atom is 0.164 e. The largest absolute Gasteiger partial charge is 0.399 e.